The van der Waals surface area contributed by atoms with Crippen LogP contribution in [0.5, 0.6) is 0 Å². The van der Waals surface area contributed by atoms with Crippen molar-refractivity contribution in [2.45, 2.75) is 13.0 Å². The number of likely N-dealkylation sites (N-methyl/N-ethyl adjacent to an activating group) is 2. The molecule has 0 radical (unpaired) electrons. The smallest absolute Gasteiger partial charge is 0.430 e. The van der Waals surface area contributed by atoms with Crippen LogP contribution >= 0.6 is 0 Å². The molecule has 2 fully saturated rings. The third-order valence-corrected chi connectivity index (χ3v) is 2.16. The molecule has 2 aliphatic rings. The van der Waals surface area contributed by atoms with Crippen LogP contribution in [0.1, 0.15) is 6.92 Å². The fraction of sp³-hybridized carbons (Fsp3) is 0.778. The first kappa shape index (κ1) is 11.6. The van der Waals surface area contributed by atoms with E-state index in [1.54, 1.807) is 16.7 Å². The van der Waals surface area contributed by atoms with Gasteiger partial charge in [0.2, 0.25) is 0 Å². The molecule has 2 aliphatic heterocycles. The van der Waals surface area contributed by atoms with Gasteiger partial charge in [-0.1, -0.05) is 0 Å². The monoisotopic (exact) mass is 216 g/mol. The van der Waals surface area contributed by atoms with Crippen molar-refractivity contribution < 1.29 is 19.1 Å². The Bertz CT molecular complexity index is 244. The number of amides is 2. The summed E-state index contributed by atoms with van der Waals surface area (Å²) in [4.78, 5) is 24.2. The van der Waals surface area contributed by atoms with Gasteiger partial charge in [-0.15, -0.1) is 0 Å². The molecule has 0 spiro atoms. The zero-order valence-corrected chi connectivity index (χ0v) is 9.23. The van der Waals surface area contributed by atoms with Crippen LogP contribution in [0, 0.1) is 0 Å². The zero-order valence-electron chi connectivity index (χ0n) is 9.23. The molecule has 15 heavy (non-hydrogen) atoms. The van der Waals surface area contributed by atoms with E-state index in [2.05, 4.69) is 9.47 Å². The minimum atomic E-state index is -0.549. The number of nitrogens with zero attached hydrogens (tertiary/aromatic N) is 2. The van der Waals surface area contributed by atoms with E-state index in [1.807, 2.05) is 14.1 Å². The molecule has 2 rings (SSSR count). The summed E-state index contributed by atoms with van der Waals surface area (Å²) >= 11 is 0. The zero-order chi connectivity index (χ0) is 11.4. The van der Waals surface area contributed by atoms with E-state index in [0.717, 1.165) is 13.1 Å². The quantitative estimate of drug-likeness (QED) is 0.554. The fourth-order valence-electron chi connectivity index (χ4n) is 1.20. The molecule has 0 aromatic carbocycles. The Balaban J connectivity index is 0.000000151. The van der Waals surface area contributed by atoms with Crippen LogP contribution < -0.4 is 0 Å². The SMILES string of the molecule is CC1COC(=O)O1.CN1CCN(C)C1=O. The van der Waals surface area contributed by atoms with Crippen LogP contribution in [-0.4, -0.2) is 61.9 Å². The normalized spacial score (nSPS) is 24.6. The fourth-order valence-corrected chi connectivity index (χ4v) is 1.20. The van der Waals surface area contributed by atoms with Crippen molar-refractivity contribution in [2.75, 3.05) is 33.8 Å². The van der Waals surface area contributed by atoms with Crippen molar-refractivity contribution in [3.63, 3.8) is 0 Å². The highest BCUT2D eigenvalue weighted by molar-refractivity contribution is 5.75. The summed E-state index contributed by atoms with van der Waals surface area (Å²) in [7, 11) is 3.62. The summed E-state index contributed by atoms with van der Waals surface area (Å²) in [5.74, 6) is 0. The van der Waals surface area contributed by atoms with E-state index < -0.39 is 6.16 Å². The van der Waals surface area contributed by atoms with Crippen LogP contribution in [0.3, 0.4) is 0 Å². The molecule has 6 nitrogen and oxygen atoms in total. The second-order valence-electron chi connectivity index (χ2n) is 3.62. The molecule has 0 saturated carbocycles. The van der Waals surface area contributed by atoms with Gasteiger partial charge in [0.25, 0.3) is 0 Å². The second kappa shape index (κ2) is 4.86. The van der Waals surface area contributed by atoms with Crippen molar-refractivity contribution >= 4 is 12.2 Å². The van der Waals surface area contributed by atoms with Crippen LogP contribution in [-0.2, 0) is 9.47 Å². The predicted octanol–water partition coefficient (Wildman–Crippen LogP) is 0.525. The standard InChI is InChI=1S/C5H10N2O.C4H6O3/c1-6-3-4-7(2)5(6)8;1-3-2-6-4(5)7-3/h3-4H2,1-2H3;3H,2H2,1H3. The third kappa shape index (κ3) is 3.30. The van der Waals surface area contributed by atoms with Crippen molar-refractivity contribution in [3.05, 3.63) is 0 Å². The van der Waals surface area contributed by atoms with Gasteiger partial charge in [0.1, 0.15) is 12.7 Å². The van der Waals surface area contributed by atoms with E-state index in [4.69, 9.17) is 0 Å². The highest BCUT2D eigenvalue weighted by Crippen LogP contribution is 2.03. The lowest BCUT2D eigenvalue weighted by Gasteiger charge is -2.07. The van der Waals surface area contributed by atoms with Gasteiger partial charge in [0, 0.05) is 27.2 Å². The van der Waals surface area contributed by atoms with Gasteiger partial charge in [0.05, 0.1) is 0 Å². The number of urea groups is 1. The van der Waals surface area contributed by atoms with Crippen LogP contribution in [0.2, 0.25) is 0 Å². The predicted molar refractivity (Wildman–Crippen MR) is 52.6 cm³/mol. The van der Waals surface area contributed by atoms with E-state index in [9.17, 15) is 9.59 Å². The third-order valence-electron chi connectivity index (χ3n) is 2.16. The Morgan fingerprint density at radius 1 is 1.20 bits per heavy atom. The lowest BCUT2D eigenvalue weighted by Crippen LogP contribution is -2.25. The highest BCUT2D eigenvalue weighted by Gasteiger charge is 2.20. The minimum absolute atomic E-state index is 0.0486. The number of hydrogen-bond acceptors (Lipinski definition) is 4. The molecule has 0 bridgehead atoms. The molecule has 1 unspecified atom stereocenters. The molecule has 0 N–H and O–H groups in total. The Morgan fingerprint density at radius 3 is 1.87 bits per heavy atom. The van der Waals surface area contributed by atoms with Gasteiger partial charge in [-0.2, -0.15) is 0 Å². The van der Waals surface area contributed by atoms with Gasteiger partial charge in [-0.05, 0) is 6.92 Å². The minimum Gasteiger partial charge on any atom is -0.430 e. The highest BCUT2D eigenvalue weighted by atomic mass is 16.8. The van der Waals surface area contributed by atoms with Gasteiger partial charge in [-0.3, -0.25) is 0 Å². The number of cyclic esters (lactones) is 2. The van der Waals surface area contributed by atoms with E-state index in [0.29, 0.717) is 6.61 Å². The van der Waals surface area contributed by atoms with Crippen molar-refractivity contribution in [3.8, 4) is 0 Å². The first-order chi connectivity index (χ1) is 7.00. The lowest BCUT2D eigenvalue weighted by atomic mass is 10.5. The Hall–Kier alpha value is -1.46. The average Bonchev–Trinajstić information content (AvgIpc) is 2.68. The number of ether oxygens (including phenoxy) is 2. The van der Waals surface area contributed by atoms with Crippen molar-refractivity contribution in [1.29, 1.82) is 0 Å². The van der Waals surface area contributed by atoms with Gasteiger partial charge < -0.3 is 19.3 Å². The first-order valence-electron chi connectivity index (χ1n) is 4.80. The number of carbonyl (C=O) groups excluding carboxylic acids is 2. The topological polar surface area (TPSA) is 59.1 Å². The number of hydrogen-bond donors (Lipinski definition) is 0. The molecular weight excluding hydrogens is 200 g/mol. The van der Waals surface area contributed by atoms with Crippen molar-refractivity contribution in [2.24, 2.45) is 0 Å². The van der Waals surface area contributed by atoms with Crippen molar-refractivity contribution in [1.82, 2.24) is 9.80 Å². The van der Waals surface area contributed by atoms with Gasteiger partial charge in [0.15, 0.2) is 0 Å². The number of rotatable bonds is 0. The summed E-state index contributed by atoms with van der Waals surface area (Å²) in [6.45, 7) is 3.92. The summed E-state index contributed by atoms with van der Waals surface area (Å²) in [5, 5.41) is 0. The summed E-state index contributed by atoms with van der Waals surface area (Å²) in [5.41, 5.74) is 0. The molecule has 0 aromatic heterocycles. The van der Waals surface area contributed by atoms with E-state index in [-0.39, 0.29) is 12.1 Å². The molecule has 2 saturated heterocycles. The second-order valence-corrected chi connectivity index (χ2v) is 3.62. The van der Waals surface area contributed by atoms with E-state index >= 15 is 0 Å². The lowest BCUT2D eigenvalue weighted by molar-refractivity contribution is 0.121. The van der Waals surface area contributed by atoms with E-state index in [1.165, 1.54) is 0 Å². The van der Waals surface area contributed by atoms with Gasteiger partial charge >= 0.3 is 12.2 Å². The van der Waals surface area contributed by atoms with Gasteiger partial charge in [-0.25, -0.2) is 9.59 Å². The summed E-state index contributed by atoms with van der Waals surface area (Å²) in [6, 6.07) is 0.130. The average molecular weight is 216 g/mol. The molecule has 86 valence electrons. The molecule has 2 heterocycles. The Labute approximate surface area is 88.7 Å². The summed E-state index contributed by atoms with van der Waals surface area (Å²) in [6.07, 6.45) is -0.597. The molecule has 0 aliphatic carbocycles. The van der Waals surface area contributed by atoms with Crippen LogP contribution in [0.15, 0.2) is 0 Å². The maximum absolute atomic E-state index is 10.8. The molecule has 1 atom stereocenters. The van der Waals surface area contributed by atoms with Crippen LogP contribution in [0.4, 0.5) is 9.59 Å². The maximum atomic E-state index is 10.8. The molecule has 0 aromatic rings. The largest absolute Gasteiger partial charge is 0.508 e. The molecule has 6 heteroatoms. The molecular formula is C9H16N2O4. The van der Waals surface area contributed by atoms with Crippen LogP contribution in [0.25, 0.3) is 0 Å². The first-order valence-corrected chi connectivity index (χ1v) is 4.80. The Kier molecular flexibility index (Phi) is 3.76. The Morgan fingerprint density at radius 2 is 1.73 bits per heavy atom. The maximum Gasteiger partial charge on any atom is 0.508 e. The number of carbonyl (C=O) groups is 2. The summed E-state index contributed by atoms with van der Waals surface area (Å²) < 4.78 is 8.90. The molecule has 2 amide bonds.